The van der Waals surface area contributed by atoms with Crippen molar-refractivity contribution in [2.45, 2.75) is 31.5 Å². The molecule has 0 saturated heterocycles. The number of thioether (sulfide) groups is 1. The Morgan fingerprint density at radius 1 is 1.37 bits per heavy atom. The van der Waals surface area contributed by atoms with Crippen molar-refractivity contribution in [2.24, 2.45) is 0 Å². The standard InChI is InChI=1S/C14H20N4S/c1-3-8-15-13(9-19-14-16-10-17-18-14)12-7-5-4-6-11(12)2/h4-7,10,13,15H,3,8-9H2,1-2H3,(H,16,17,18). The first-order chi connectivity index (χ1) is 9.31. The second-order valence-electron chi connectivity index (χ2n) is 4.46. The predicted molar refractivity (Wildman–Crippen MR) is 79.3 cm³/mol. The molecule has 4 nitrogen and oxygen atoms in total. The van der Waals surface area contributed by atoms with Gasteiger partial charge >= 0.3 is 0 Å². The molecule has 2 rings (SSSR count). The molecule has 0 aliphatic carbocycles. The summed E-state index contributed by atoms with van der Waals surface area (Å²) in [6.07, 6.45) is 2.68. The molecule has 1 aromatic heterocycles. The van der Waals surface area contributed by atoms with E-state index in [0.717, 1.165) is 23.9 Å². The van der Waals surface area contributed by atoms with Crippen LogP contribution in [-0.4, -0.2) is 27.5 Å². The van der Waals surface area contributed by atoms with Gasteiger partial charge in [-0.15, -0.1) is 0 Å². The average molecular weight is 276 g/mol. The monoisotopic (exact) mass is 276 g/mol. The first kappa shape index (κ1) is 14.1. The molecular formula is C14H20N4S. The maximum Gasteiger partial charge on any atom is 0.183 e. The van der Waals surface area contributed by atoms with Gasteiger partial charge in [0.1, 0.15) is 6.33 Å². The second-order valence-corrected chi connectivity index (χ2v) is 5.47. The fourth-order valence-electron chi connectivity index (χ4n) is 1.98. The molecule has 0 aliphatic rings. The highest BCUT2D eigenvalue weighted by Gasteiger charge is 2.13. The Balaban J connectivity index is 2.05. The first-order valence-electron chi connectivity index (χ1n) is 6.58. The molecule has 0 amide bonds. The van der Waals surface area contributed by atoms with E-state index < -0.39 is 0 Å². The third kappa shape index (κ3) is 4.08. The smallest absolute Gasteiger partial charge is 0.183 e. The van der Waals surface area contributed by atoms with Gasteiger partial charge in [-0.3, -0.25) is 5.10 Å². The van der Waals surface area contributed by atoms with Crippen LogP contribution in [0.25, 0.3) is 0 Å². The largest absolute Gasteiger partial charge is 0.309 e. The minimum Gasteiger partial charge on any atom is -0.309 e. The lowest BCUT2D eigenvalue weighted by Gasteiger charge is -2.20. The lowest BCUT2D eigenvalue weighted by Crippen LogP contribution is -2.24. The van der Waals surface area contributed by atoms with Crippen LogP contribution in [0.3, 0.4) is 0 Å². The molecule has 0 fully saturated rings. The topological polar surface area (TPSA) is 53.6 Å². The van der Waals surface area contributed by atoms with Gasteiger partial charge in [-0.05, 0) is 31.0 Å². The summed E-state index contributed by atoms with van der Waals surface area (Å²) in [5.41, 5.74) is 2.69. The molecule has 19 heavy (non-hydrogen) atoms. The first-order valence-corrected chi connectivity index (χ1v) is 7.57. The molecule has 1 aromatic carbocycles. The number of hydrogen-bond donors (Lipinski definition) is 2. The van der Waals surface area contributed by atoms with E-state index in [-0.39, 0.29) is 0 Å². The molecule has 0 bridgehead atoms. The van der Waals surface area contributed by atoms with Gasteiger partial charge in [0.25, 0.3) is 0 Å². The molecule has 5 heteroatoms. The van der Waals surface area contributed by atoms with Gasteiger partial charge in [-0.1, -0.05) is 43.0 Å². The van der Waals surface area contributed by atoms with Crippen molar-refractivity contribution >= 4 is 11.8 Å². The number of nitrogens with zero attached hydrogens (tertiary/aromatic N) is 2. The van der Waals surface area contributed by atoms with Crippen LogP contribution in [0.1, 0.15) is 30.5 Å². The summed E-state index contributed by atoms with van der Waals surface area (Å²) in [7, 11) is 0. The van der Waals surface area contributed by atoms with Gasteiger partial charge in [-0.2, -0.15) is 5.10 Å². The van der Waals surface area contributed by atoms with E-state index in [4.69, 9.17) is 0 Å². The maximum atomic E-state index is 4.15. The van der Waals surface area contributed by atoms with Crippen molar-refractivity contribution < 1.29 is 0 Å². The van der Waals surface area contributed by atoms with Crippen LogP contribution >= 0.6 is 11.8 Å². The number of aromatic amines is 1. The van der Waals surface area contributed by atoms with Crippen molar-refractivity contribution in [2.75, 3.05) is 12.3 Å². The average Bonchev–Trinajstić information content (AvgIpc) is 2.93. The Morgan fingerprint density at radius 3 is 2.89 bits per heavy atom. The minimum atomic E-state index is 0.344. The van der Waals surface area contributed by atoms with Crippen LogP contribution in [0, 0.1) is 6.92 Å². The van der Waals surface area contributed by atoms with Crippen LogP contribution in [0.15, 0.2) is 35.7 Å². The van der Waals surface area contributed by atoms with Gasteiger partial charge in [0.15, 0.2) is 5.16 Å². The number of H-pyrrole nitrogens is 1. The zero-order valence-electron chi connectivity index (χ0n) is 11.4. The number of hydrogen-bond acceptors (Lipinski definition) is 4. The molecule has 2 N–H and O–H groups in total. The Morgan fingerprint density at radius 2 is 2.21 bits per heavy atom. The van der Waals surface area contributed by atoms with Crippen molar-refractivity contribution in [3.63, 3.8) is 0 Å². The summed E-state index contributed by atoms with van der Waals surface area (Å²) in [5.74, 6) is 0.944. The van der Waals surface area contributed by atoms with E-state index in [1.807, 2.05) is 0 Å². The highest BCUT2D eigenvalue weighted by Crippen LogP contribution is 2.24. The summed E-state index contributed by atoms with van der Waals surface area (Å²) in [6, 6.07) is 8.89. The van der Waals surface area contributed by atoms with E-state index in [1.54, 1.807) is 18.1 Å². The van der Waals surface area contributed by atoms with Crippen LogP contribution in [0.4, 0.5) is 0 Å². The van der Waals surface area contributed by atoms with Crippen molar-refractivity contribution in [3.05, 3.63) is 41.7 Å². The van der Waals surface area contributed by atoms with Crippen LogP contribution < -0.4 is 5.32 Å². The molecule has 2 aromatic rings. The molecule has 0 spiro atoms. The number of rotatable bonds is 7. The molecule has 0 radical (unpaired) electrons. The Bertz CT molecular complexity index is 484. The second kappa shape index (κ2) is 7.31. The minimum absolute atomic E-state index is 0.344. The fraction of sp³-hybridized carbons (Fsp3) is 0.429. The van der Waals surface area contributed by atoms with E-state index in [9.17, 15) is 0 Å². The summed E-state index contributed by atoms with van der Waals surface area (Å²) in [6.45, 7) is 5.37. The highest BCUT2D eigenvalue weighted by molar-refractivity contribution is 7.99. The molecule has 102 valence electrons. The van der Waals surface area contributed by atoms with E-state index in [1.165, 1.54) is 11.1 Å². The van der Waals surface area contributed by atoms with Crippen molar-refractivity contribution in [1.82, 2.24) is 20.5 Å². The molecule has 1 unspecified atom stereocenters. The normalized spacial score (nSPS) is 12.5. The van der Waals surface area contributed by atoms with Crippen molar-refractivity contribution in [1.29, 1.82) is 0 Å². The Labute approximate surface area is 118 Å². The van der Waals surface area contributed by atoms with E-state index in [2.05, 4.69) is 58.6 Å². The van der Waals surface area contributed by atoms with Gasteiger partial charge in [0.2, 0.25) is 0 Å². The highest BCUT2D eigenvalue weighted by atomic mass is 32.2. The quantitative estimate of drug-likeness (QED) is 0.763. The number of aromatic nitrogens is 3. The van der Waals surface area contributed by atoms with Crippen LogP contribution in [0.2, 0.25) is 0 Å². The summed E-state index contributed by atoms with van der Waals surface area (Å²) in [5, 5.41) is 11.2. The molecular weight excluding hydrogens is 256 g/mol. The predicted octanol–water partition coefficient (Wildman–Crippen LogP) is 2.95. The zero-order valence-corrected chi connectivity index (χ0v) is 12.2. The number of benzene rings is 1. The third-order valence-electron chi connectivity index (χ3n) is 2.98. The van der Waals surface area contributed by atoms with Crippen LogP contribution in [0.5, 0.6) is 0 Å². The Kier molecular flexibility index (Phi) is 5.42. The maximum absolute atomic E-state index is 4.15. The molecule has 0 saturated carbocycles. The SMILES string of the molecule is CCCNC(CSc1ncn[nH]1)c1ccccc1C. The van der Waals surface area contributed by atoms with Crippen molar-refractivity contribution in [3.8, 4) is 0 Å². The van der Waals surface area contributed by atoms with E-state index in [0.29, 0.717) is 6.04 Å². The van der Waals surface area contributed by atoms with Gasteiger partial charge in [-0.25, -0.2) is 4.98 Å². The van der Waals surface area contributed by atoms with Gasteiger partial charge in [0.05, 0.1) is 0 Å². The van der Waals surface area contributed by atoms with Crippen LogP contribution in [-0.2, 0) is 0 Å². The van der Waals surface area contributed by atoms with Gasteiger partial charge < -0.3 is 5.32 Å². The zero-order chi connectivity index (χ0) is 13.5. The number of nitrogens with one attached hydrogen (secondary N) is 2. The molecule has 1 heterocycles. The fourth-order valence-corrected chi connectivity index (χ4v) is 2.84. The summed E-state index contributed by atoms with van der Waals surface area (Å²) in [4.78, 5) is 4.15. The lowest BCUT2D eigenvalue weighted by atomic mass is 10.0. The van der Waals surface area contributed by atoms with Gasteiger partial charge in [0, 0.05) is 11.8 Å². The summed E-state index contributed by atoms with van der Waals surface area (Å²) >= 11 is 1.70. The third-order valence-corrected chi connectivity index (χ3v) is 3.95. The summed E-state index contributed by atoms with van der Waals surface area (Å²) < 4.78 is 0. The molecule has 0 aliphatic heterocycles. The Hall–Kier alpha value is -1.33. The van der Waals surface area contributed by atoms with E-state index >= 15 is 0 Å². The lowest BCUT2D eigenvalue weighted by molar-refractivity contribution is 0.575. The molecule has 1 atom stereocenters. The number of aryl methyl sites for hydroxylation is 1.